The van der Waals surface area contributed by atoms with Gasteiger partial charge in [0.1, 0.15) is 0 Å². The Balaban J connectivity index is 2.21. The Morgan fingerprint density at radius 2 is 1.71 bits per heavy atom. The van der Waals surface area contributed by atoms with Gasteiger partial charge in [0.2, 0.25) is 0 Å². The fourth-order valence-corrected chi connectivity index (χ4v) is 4.16. The van der Waals surface area contributed by atoms with Gasteiger partial charge in [-0.25, -0.2) is 0 Å². The van der Waals surface area contributed by atoms with Gasteiger partial charge in [-0.3, -0.25) is 0 Å². The molecule has 0 aliphatic carbocycles. The summed E-state index contributed by atoms with van der Waals surface area (Å²) in [4.78, 5) is 0. The minimum absolute atomic E-state index is 0.00411. The van der Waals surface area contributed by atoms with E-state index in [9.17, 15) is 0 Å². The number of anilines is 1. The monoisotopic (exact) mass is 411 g/mol. The quantitative estimate of drug-likeness (QED) is 0.581. The highest BCUT2D eigenvalue weighted by atomic mass is 127. The summed E-state index contributed by atoms with van der Waals surface area (Å²) in [6, 6.07) is 15.0. The van der Waals surface area contributed by atoms with Crippen molar-refractivity contribution in [3.63, 3.8) is 0 Å². The normalized spacial score (nSPS) is 23.3. The topological polar surface area (TPSA) is 12.0 Å². The average molecular weight is 412 g/mol. The van der Waals surface area contributed by atoms with Gasteiger partial charge in [0.15, 0.2) is 0 Å². The van der Waals surface area contributed by atoms with Gasteiger partial charge in [-0.1, -0.05) is 30.7 Å². The van der Waals surface area contributed by atoms with Gasteiger partial charge in [0.05, 0.1) is 0 Å². The molecular formula is C18H19ClIN. The van der Waals surface area contributed by atoms with Crippen molar-refractivity contribution in [2.24, 2.45) is 0 Å². The molecule has 3 heteroatoms. The standard InChI is InChI=1S/C18H19ClIN/c1-17(2)11-18(3,12-4-6-13(19)7-5-12)15-10-14(20)8-9-16(15)21-17/h4-10,21H,11H2,1-3H3. The second kappa shape index (κ2) is 5.17. The average Bonchev–Trinajstić information content (AvgIpc) is 2.39. The van der Waals surface area contributed by atoms with Gasteiger partial charge < -0.3 is 5.32 Å². The van der Waals surface area contributed by atoms with Crippen LogP contribution in [0.15, 0.2) is 42.5 Å². The highest BCUT2D eigenvalue weighted by Gasteiger charge is 2.41. The molecule has 0 saturated heterocycles. The zero-order chi connectivity index (χ0) is 15.3. The van der Waals surface area contributed by atoms with E-state index in [0.717, 1.165) is 11.4 Å². The summed E-state index contributed by atoms with van der Waals surface area (Å²) < 4.78 is 1.27. The number of halogens is 2. The lowest BCUT2D eigenvalue weighted by atomic mass is 9.66. The van der Waals surface area contributed by atoms with Crippen LogP contribution in [0.5, 0.6) is 0 Å². The molecular weight excluding hydrogens is 393 g/mol. The van der Waals surface area contributed by atoms with E-state index in [0.29, 0.717) is 0 Å². The Labute approximate surface area is 145 Å². The third kappa shape index (κ3) is 2.80. The van der Waals surface area contributed by atoms with Crippen molar-refractivity contribution in [3.8, 4) is 0 Å². The Morgan fingerprint density at radius 1 is 1.05 bits per heavy atom. The van der Waals surface area contributed by atoms with E-state index in [-0.39, 0.29) is 11.0 Å². The predicted octanol–water partition coefficient (Wildman–Crippen LogP) is 5.84. The smallest absolute Gasteiger partial charge is 0.0406 e. The molecule has 1 aliphatic heterocycles. The van der Waals surface area contributed by atoms with Gasteiger partial charge in [-0.05, 0) is 84.3 Å². The molecule has 3 rings (SSSR count). The number of fused-ring (bicyclic) bond motifs is 1. The van der Waals surface area contributed by atoms with Crippen LogP contribution in [0.4, 0.5) is 5.69 Å². The molecule has 0 aromatic heterocycles. The molecule has 0 saturated carbocycles. The summed E-state index contributed by atoms with van der Waals surface area (Å²) in [7, 11) is 0. The molecule has 1 unspecified atom stereocenters. The molecule has 1 N–H and O–H groups in total. The lowest BCUT2D eigenvalue weighted by Gasteiger charge is -2.46. The van der Waals surface area contributed by atoms with Crippen molar-refractivity contribution in [2.45, 2.75) is 38.1 Å². The maximum Gasteiger partial charge on any atom is 0.0406 e. The van der Waals surface area contributed by atoms with Gasteiger partial charge in [0, 0.05) is 25.2 Å². The number of nitrogens with one attached hydrogen (secondary N) is 1. The first-order valence-electron chi connectivity index (χ1n) is 7.14. The van der Waals surface area contributed by atoms with E-state index < -0.39 is 0 Å². The lowest BCUT2D eigenvalue weighted by molar-refractivity contribution is 0.378. The van der Waals surface area contributed by atoms with E-state index in [1.165, 1.54) is 20.4 Å². The van der Waals surface area contributed by atoms with Gasteiger partial charge in [0.25, 0.3) is 0 Å². The SMILES string of the molecule is CC1(C)CC(C)(c2ccc(Cl)cc2)c2cc(I)ccc2N1. The summed E-state index contributed by atoms with van der Waals surface area (Å²) >= 11 is 8.45. The first kappa shape index (κ1) is 15.2. The van der Waals surface area contributed by atoms with Crippen molar-refractivity contribution in [1.82, 2.24) is 0 Å². The molecule has 1 atom stereocenters. The van der Waals surface area contributed by atoms with Crippen molar-refractivity contribution in [1.29, 1.82) is 0 Å². The van der Waals surface area contributed by atoms with Crippen LogP contribution in [-0.2, 0) is 5.41 Å². The molecule has 0 radical (unpaired) electrons. The predicted molar refractivity (Wildman–Crippen MR) is 99.4 cm³/mol. The zero-order valence-corrected chi connectivity index (χ0v) is 15.4. The molecule has 1 aliphatic rings. The first-order valence-corrected chi connectivity index (χ1v) is 8.60. The minimum Gasteiger partial charge on any atom is -0.380 e. The van der Waals surface area contributed by atoms with Gasteiger partial charge in [-0.15, -0.1) is 0 Å². The van der Waals surface area contributed by atoms with Crippen LogP contribution in [0.1, 0.15) is 38.3 Å². The Kier molecular flexibility index (Phi) is 3.73. The molecule has 21 heavy (non-hydrogen) atoms. The van der Waals surface area contributed by atoms with E-state index in [1.54, 1.807) is 0 Å². The van der Waals surface area contributed by atoms with Crippen LogP contribution in [0.3, 0.4) is 0 Å². The highest BCUT2D eigenvalue weighted by Crippen LogP contribution is 2.47. The number of hydrogen-bond donors (Lipinski definition) is 1. The summed E-state index contributed by atoms with van der Waals surface area (Å²) in [5.41, 5.74) is 3.99. The molecule has 0 bridgehead atoms. The summed E-state index contributed by atoms with van der Waals surface area (Å²) in [6.07, 6.45) is 1.05. The van der Waals surface area contributed by atoms with E-state index in [2.05, 4.69) is 79.0 Å². The van der Waals surface area contributed by atoms with Crippen LogP contribution in [0.25, 0.3) is 0 Å². The lowest BCUT2D eigenvalue weighted by Crippen LogP contribution is -2.45. The molecule has 2 aromatic rings. The Bertz CT molecular complexity index is 678. The summed E-state index contributed by atoms with van der Waals surface area (Å²) in [5, 5.41) is 4.46. The molecule has 110 valence electrons. The van der Waals surface area contributed by atoms with Crippen LogP contribution in [0.2, 0.25) is 5.02 Å². The maximum absolute atomic E-state index is 6.06. The van der Waals surface area contributed by atoms with Crippen LogP contribution >= 0.6 is 34.2 Å². The van der Waals surface area contributed by atoms with Crippen molar-refractivity contribution in [3.05, 3.63) is 62.2 Å². The minimum atomic E-state index is -0.00411. The molecule has 0 fully saturated rings. The number of rotatable bonds is 1. The fourth-order valence-electron chi connectivity index (χ4n) is 3.55. The second-order valence-corrected chi connectivity index (χ2v) is 8.40. The van der Waals surface area contributed by atoms with Crippen LogP contribution in [-0.4, -0.2) is 5.54 Å². The molecule has 2 aromatic carbocycles. The summed E-state index contributed by atoms with van der Waals surface area (Å²) in [5.74, 6) is 0. The van der Waals surface area contributed by atoms with Crippen molar-refractivity contribution >= 4 is 39.9 Å². The van der Waals surface area contributed by atoms with Gasteiger partial charge >= 0.3 is 0 Å². The number of benzene rings is 2. The van der Waals surface area contributed by atoms with Crippen molar-refractivity contribution in [2.75, 3.05) is 5.32 Å². The summed E-state index contributed by atoms with van der Waals surface area (Å²) in [6.45, 7) is 6.87. The molecule has 1 nitrogen and oxygen atoms in total. The van der Waals surface area contributed by atoms with Crippen LogP contribution < -0.4 is 5.32 Å². The number of hydrogen-bond acceptors (Lipinski definition) is 1. The van der Waals surface area contributed by atoms with E-state index >= 15 is 0 Å². The third-order valence-corrected chi connectivity index (χ3v) is 5.25. The Hall–Kier alpha value is -0.740. The zero-order valence-electron chi connectivity index (χ0n) is 12.5. The van der Waals surface area contributed by atoms with Gasteiger partial charge in [-0.2, -0.15) is 0 Å². The third-order valence-electron chi connectivity index (χ3n) is 4.33. The fraction of sp³-hybridized carbons (Fsp3) is 0.333. The molecule has 0 amide bonds. The second-order valence-electron chi connectivity index (χ2n) is 6.71. The van der Waals surface area contributed by atoms with E-state index in [1.807, 2.05) is 12.1 Å². The maximum atomic E-state index is 6.06. The molecule has 0 spiro atoms. The largest absolute Gasteiger partial charge is 0.380 e. The molecule has 1 heterocycles. The first-order chi connectivity index (χ1) is 9.80. The Morgan fingerprint density at radius 3 is 2.38 bits per heavy atom. The van der Waals surface area contributed by atoms with Crippen molar-refractivity contribution < 1.29 is 0 Å². The van der Waals surface area contributed by atoms with Crippen LogP contribution in [0, 0.1) is 3.57 Å². The van der Waals surface area contributed by atoms with E-state index in [4.69, 9.17) is 11.6 Å². The highest BCUT2D eigenvalue weighted by molar-refractivity contribution is 14.1.